The van der Waals surface area contributed by atoms with Crippen molar-refractivity contribution in [1.29, 1.82) is 0 Å². The molecule has 5 aliphatic rings. The number of fused-ring (bicyclic) bond motifs is 2. The Kier molecular flexibility index (Phi) is 4.94. The van der Waals surface area contributed by atoms with Crippen LogP contribution >= 0.6 is 0 Å². The van der Waals surface area contributed by atoms with Gasteiger partial charge in [-0.25, -0.2) is 0 Å². The molecule has 0 unspecified atom stereocenters. The highest BCUT2D eigenvalue weighted by molar-refractivity contribution is 5.82. The average Bonchev–Trinajstić information content (AvgIpc) is 3.34. The van der Waals surface area contributed by atoms with Gasteiger partial charge in [-0.05, 0) is 74.0 Å². The zero-order valence-corrected chi connectivity index (χ0v) is 21.5. The number of carbonyl (C=O) groups is 1. The molecule has 0 N–H and O–H groups in total. The van der Waals surface area contributed by atoms with Crippen LogP contribution in [0.1, 0.15) is 119 Å². The molecule has 31 heavy (non-hydrogen) atoms. The van der Waals surface area contributed by atoms with Gasteiger partial charge in [0, 0.05) is 23.2 Å². The summed E-state index contributed by atoms with van der Waals surface area (Å²) in [7, 11) is 0. The van der Waals surface area contributed by atoms with Crippen LogP contribution in [0, 0.1) is 45.8 Å². The summed E-state index contributed by atoms with van der Waals surface area (Å²) >= 11 is 0. The van der Waals surface area contributed by atoms with E-state index in [4.69, 9.17) is 4.74 Å². The summed E-state index contributed by atoms with van der Waals surface area (Å²) < 4.78 is 7.18. The first-order valence-corrected chi connectivity index (χ1v) is 13.7. The predicted molar refractivity (Wildman–Crippen MR) is 127 cm³/mol. The molecule has 4 aliphatic carbocycles. The highest BCUT2D eigenvalue weighted by Crippen LogP contribution is 2.85. The van der Waals surface area contributed by atoms with Gasteiger partial charge < -0.3 is 4.74 Å². The molecule has 0 amide bonds. The van der Waals surface area contributed by atoms with Gasteiger partial charge in [0.15, 0.2) is 0 Å². The molecule has 4 saturated carbocycles. The summed E-state index contributed by atoms with van der Waals surface area (Å²) in [6.45, 7) is 17.3. The molecular weight excluding hydrogens is 380 g/mol. The van der Waals surface area contributed by atoms with E-state index in [9.17, 15) is 4.79 Å². The number of ketones is 1. The van der Waals surface area contributed by atoms with Gasteiger partial charge in [0.1, 0.15) is 17.0 Å². The van der Waals surface area contributed by atoms with Crippen molar-refractivity contribution in [3.63, 3.8) is 0 Å². The minimum absolute atomic E-state index is 0.0574. The Bertz CT molecular complexity index is 758. The lowest BCUT2D eigenvalue weighted by atomic mass is 9.39. The van der Waals surface area contributed by atoms with E-state index in [0.29, 0.717) is 22.5 Å². The highest BCUT2D eigenvalue weighted by Gasteiger charge is 2.89. The third-order valence-corrected chi connectivity index (χ3v) is 12.6. The molecule has 0 radical (unpaired) electrons. The van der Waals surface area contributed by atoms with Gasteiger partial charge in [0.25, 0.3) is 0 Å². The molecule has 1 heterocycles. The Hall–Kier alpha value is -0.370. The van der Waals surface area contributed by atoms with Crippen LogP contribution in [-0.4, -0.2) is 17.0 Å². The maximum Gasteiger partial charge on any atom is 0.136 e. The summed E-state index contributed by atoms with van der Waals surface area (Å²) in [4.78, 5) is 12.6. The van der Waals surface area contributed by atoms with Crippen LogP contribution < -0.4 is 0 Å². The van der Waals surface area contributed by atoms with Crippen LogP contribution in [0.2, 0.25) is 0 Å². The second-order valence-corrected chi connectivity index (χ2v) is 13.8. The SMILES string of the molecule is CC(C)CCC[C@H](C)[C@H]1CC[C@@]2(C)[C@@]34CC[C@H]5[C@H](C)C(=O)CC[C@]5(C)[C@]3(CC[C@]12C)O4. The molecule has 176 valence electrons. The summed E-state index contributed by atoms with van der Waals surface area (Å²) in [5, 5.41) is 0. The first-order chi connectivity index (χ1) is 14.5. The lowest BCUT2D eigenvalue weighted by Crippen LogP contribution is -2.64. The molecule has 9 atom stereocenters. The van der Waals surface area contributed by atoms with Crippen molar-refractivity contribution in [2.45, 2.75) is 130 Å². The van der Waals surface area contributed by atoms with Crippen molar-refractivity contribution in [1.82, 2.24) is 0 Å². The molecule has 5 rings (SSSR count). The summed E-state index contributed by atoms with van der Waals surface area (Å²) in [6, 6.07) is 0. The van der Waals surface area contributed by atoms with Crippen molar-refractivity contribution in [2.75, 3.05) is 0 Å². The fourth-order valence-electron chi connectivity index (χ4n) is 10.5. The lowest BCUT2D eigenvalue weighted by Gasteiger charge is -2.61. The van der Waals surface area contributed by atoms with Crippen molar-refractivity contribution >= 4 is 5.78 Å². The van der Waals surface area contributed by atoms with Crippen molar-refractivity contribution in [3.8, 4) is 0 Å². The van der Waals surface area contributed by atoms with E-state index in [2.05, 4.69) is 48.5 Å². The maximum atomic E-state index is 12.6. The second kappa shape index (κ2) is 6.83. The highest BCUT2D eigenvalue weighted by atomic mass is 16.6. The van der Waals surface area contributed by atoms with Gasteiger partial charge in [0.2, 0.25) is 0 Å². The summed E-state index contributed by atoms with van der Waals surface area (Å²) in [5.41, 5.74) is 1.05. The zero-order valence-electron chi connectivity index (χ0n) is 21.5. The van der Waals surface area contributed by atoms with E-state index in [1.54, 1.807) is 0 Å². The van der Waals surface area contributed by atoms with E-state index >= 15 is 0 Å². The van der Waals surface area contributed by atoms with Crippen LogP contribution in [0.15, 0.2) is 0 Å². The first kappa shape index (κ1) is 22.4. The predicted octanol–water partition coefficient (Wildman–Crippen LogP) is 7.59. The van der Waals surface area contributed by atoms with Gasteiger partial charge >= 0.3 is 0 Å². The zero-order chi connectivity index (χ0) is 22.4. The van der Waals surface area contributed by atoms with Gasteiger partial charge in [-0.2, -0.15) is 0 Å². The normalized spacial score (nSPS) is 54.1. The number of ether oxygens (including phenoxy) is 1. The standard InChI is InChI=1S/C29H48O2/c1-19(2)9-8-10-20(3)22-11-15-27(7)25(22,5)17-18-28-26(6)14-13-24(30)21(4)23(26)12-16-29(27,28)31-28/h19-23H,8-18H2,1-7H3/t20-,21-,22+,23-,25+,26-,27+,28-,29-/m0/s1. The number of hydrogen-bond acceptors (Lipinski definition) is 2. The molecular formula is C29H48O2. The molecule has 1 aliphatic heterocycles. The maximum absolute atomic E-state index is 12.6. The topological polar surface area (TPSA) is 29.6 Å². The molecule has 0 aromatic carbocycles. The van der Waals surface area contributed by atoms with Crippen LogP contribution in [0.4, 0.5) is 0 Å². The number of rotatable bonds is 5. The smallest absolute Gasteiger partial charge is 0.136 e. The number of hydrogen-bond donors (Lipinski definition) is 0. The van der Waals surface area contributed by atoms with E-state index in [-0.39, 0.29) is 22.5 Å². The van der Waals surface area contributed by atoms with Crippen molar-refractivity contribution in [2.24, 2.45) is 45.8 Å². The van der Waals surface area contributed by atoms with Gasteiger partial charge in [-0.1, -0.05) is 67.7 Å². The molecule has 0 bridgehead atoms. The minimum Gasteiger partial charge on any atom is -0.361 e. The summed E-state index contributed by atoms with van der Waals surface area (Å²) in [6.07, 6.45) is 13.7. The van der Waals surface area contributed by atoms with E-state index in [1.807, 2.05) is 0 Å². The summed E-state index contributed by atoms with van der Waals surface area (Å²) in [5.74, 6) is 3.77. The van der Waals surface area contributed by atoms with Gasteiger partial charge in [0.05, 0.1) is 0 Å². The number of epoxide rings is 1. The molecule has 2 heteroatoms. The largest absolute Gasteiger partial charge is 0.361 e. The van der Waals surface area contributed by atoms with Crippen LogP contribution in [0.3, 0.4) is 0 Å². The van der Waals surface area contributed by atoms with Crippen LogP contribution in [-0.2, 0) is 9.53 Å². The van der Waals surface area contributed by atoms with Crippen molar-refractivity contribution in [3.05, 3.63) is 0 Å². The minimum atomic E-state index is 0.0574. The molecule has 0 spiro atoms. The fraction of sp³-hybridized carbons (Fsp3) is 0.966. The molecule has 0 aromatic rings. The third kappa shape index (κ3) is 2.53. The van der Waals surface area contributed by atoms with E-state index < -0.39 is 0 Å². The van der Waals surface area contributed by atoms with E-state index in [0.717, 1.165) is 30.6 Å². The van der Waals surface area contributed by atoms with Crippen molar-refractivity contribution < 1.29 is 9.53 Å². The van der Waals surface area contributed by atoms with Gasteiger partial charge in [-0.3, -0.25) is 4.79 Å². The number of carbonyl (C=O) groups excluding carboxylic acids is 1. The Morgan fingerprint density at radius 1 is 0.903 bits per heavy atom. The second-order valence-electron chi connectivity index (χ2n) is 13.8. The van der Waals surface area contributed by atoms with Gasteiger partial charge in [-0.15, -0.1) is 0 Å². The van der Waals surface area contributed by atoms with Crippen LogP contribution in [0.5, 0.6) is 0 Å². The Balaban J connectivity index is 1.43. The van der Waals surface area contributed by atoms with Crippen LogP contribution in [0.25, 0.3) is 0 Å². The monoisotopic (exact) mass is 428 g/mol. The Labute approximate surface area is 191 Å². The molecule has 1 saturated heterocycles. The van der Waals surface area contributed by atoms with E-state index in [1.165, 1.54) is 57.8 Å². The quantitative estimate of drug-likeness (QED) is 0.422. The lowest BCUT2D eigenvalue weighted by molar-refractivity contribution is -0.141. The Morgan fingerprint density at radius 2 is 1.65 bits per heavy atom. The first-order valence-electron chi connectivity index (χ1n) is 13.7. The average molecular weight is 429 g/mol. The Morgan fingerprint density at radius 3 is 2.35 bits per heavy atom. The molecule has 2 nitrogen and oxygen atoms in total. The molecule has 5 fully saturated rings. The number of Topliss-reactive ketones (excluding diaryl/α,β-unsaturated/α-hetero) is 1. The third-order valence-electron chi connectivity index (χ3n) is 12.6. The molecule has 0 aromatic heterocycles. The fourth-order valence-corrected chi connectivity index (χ4v) is 10.5.